The van der Waals surface area contributed by atoms with Crippen molar-refractivity contribution in [2.75, 3.05) is 55.7 Å². The number of methoxy groups -OCH3 is 1. The third-order valence-corrected chi connectivity index (χ3v) is 7.63. The van der Waals surface area contributed by atoms with Crippen LogP contribution in [-0.2, 0) is 14.8 Å². The Balaban J connectivity index is 1.42. The van der Waals surface area contributed by atoms with Crippen molar-refractivity contribution in [1.29, 1.82) is 0 Å². The fourth-order valence-electron chi connectivity index (χ4n) is 4.18. The summed E-state index contributed by atoms with van der Waals surface area (Å²) in [6.07, 6.45) is 3.13. The Kier molecular flexibility index (Phi) is 7.89. The van der Waals surface area contributed by atoms with E-state index in [4.69, 9.17) is 21.1 Å². The van der Waals surface area contributed by atoms with Gasteiger partial charge in [0.25, 0.3) is 0 Å². The first-order valence-electron chi connectivity index (χ1n) is 12.0. The van der Waals surface area contributed by atoms with Crippen LogP contribution < -0.4 is 14.8 Å². The summed E-state index contributed by atoms with van der Waals surface area (Å²) in [5, 5.41) is 4.69. The number of anilines is 3. The second kappa shape index (κ2) is 11.5. The van der Waals surface area contributed by atoms with Gasteiger partial charge in [0, 0.05) is 47.5 Å². The number of nitrogens with zero attached hydrogens (tertiary/aromatic N) is 4. The number of fused-ring (bicyclic) bond motifs is 1. The van der Waals surface area contributed by atoms with Crippen LogP contribution in [0.1, 0.15) is 0 Å². The zero-order chi connectivity index (χ0) is 26.5. The molecule has 12 heteroatoms. The predicted octanol–water partition coefficient (Wildman–Crippen LogP) is 4.17. The second-order valence-electron chi connectivity index (χ2n) is 8.75. The molecule has 0 saturated carbocycles. The molecule has 1 aliphatic rings. The molecule has 2 aromatic heterocycles. The summed E-state index contributed by atoms with van der Waals surface area (Å²) in [7, 11) is -2.19. The smallest absolute Gasteiger partial charge is 0.238 e. The van der Waals surface area contributed by atoms with Crippen LogP contribution >= 0.6 is 11.6 Å². The summed E-state index contributed by atoms with van der Waals surface area (Å²) >= 11 is 6.13. The highest BCUT2D eigenvalue weighted by atomic mass is 35.5. The number of pyridine rings is 1. The van der Waals surface area contributed by atoms with Crippen molar-refractivity contribution in [2.45, 2.75) is 0 Å². The van der Waals surface area contributed by atoms with Crippen molar-refractivity contribution >= 4 is 49.7 Å². The maximum absolute atomic E-state index is 12.9. The van der Waals surface area contributed by atoms with Gasteiger partial charge in [-0.2, -0.15) is 0 Å². The first-order chi connectivity index (χ1) is 18.4. The molecule has 0 spiro atoms. The fourth-order valence-corrected chi connectivity index (χ4v) is 5.45. The number of hydrogen-bond acceptors (Lipinski definition) is 9. The molecular formula is C26H27ClN6O4S. The molecule has 0 aliphatic carbocycles. The first-order valence-corrected chi connectivity index (χ1v) is 14.1. The molecule has 198 valence electrons. The molecule has 1 saturated heterocycles. The van der Waals surface area contributed by atoms with Crippen molar-refractivity contribution in [3.05, 3.63) is 66.1 Å². The lowest BCUT2D eigenvalue weighted by Crippen LogP contribution is -2.39. The van der Waals surface area contributed by atoms with Crippen molar-refractivity contribution in [3.63, 3.8) is 0 Å². The number of ether oxygens (including phenoxy) is 2. The number of sulfonamides is 1. The van der Waals surface area contributed by atoms with Gasteiger partial charge in [-0.05, 0) is 42.0 Å². The van der Waals surface area contributed by atoms with E-state index in [2.05, 4.69) is 29.9 Å². The van der Waals surface area contributed by atoms with Gasteiger partial charge in [0.2, 0.25) is 15.9 Å². The number of morpholine rings is 1. The number of halogens is 1. The molecule has 0 amide bonds. The molecule has 3 heterocycles. The van der Waals surface area contributed by atoms with Crippen molar-refractivity contribution in [3.8, 4) is 17.0 Å². The Labute approximate surface area is 226 Å². The highest BCUT2D eigenvalue weighted by Gasteiger charge is 2.19. The molecule has 0 bridgehead atoms. The monoisotopic (exact) mass is 554 g/mol. The summed E-state index contributed by atoms with van der Waals surface area (Å²) in [6, 6.07) is 14.8. The van der Waals surface area contributed by atoms with E-state index in [1.807, 2.05) is 36.4 Å². The van der Waals surface area contributed by atoms with E-state index in [9.17, 15) is 8.42 Å². The van der Waals surface area contributed by atoms with Crippen LogP contribution in [0.4, 0.5) is 17.2 Å². The Hall–Kier alpha value is -3.51. The van der Waals surface area contributed by atoms with E-state index in [-0.39, 0.29) is 17.3 Å². The summed E-state index contributed by atoms with van der Waals surface area (Å²) in [5.41, 5.74) is 3.33. The third kappa shape index (κ3) is 6.30. The highest BCUT2D eigenvalue weighted by Crippen LogP contribution is 2.32. The predicted molar refractivity (Wildman–Crippen MR) is 149 cm³/mol. The van der Waals surface area contributed by atoms with Crippen molar-refractivity contribution in [1.82, 2.24) is 19.9 Å². The van der Waals surface area contributed by atoms with Gasteiger partial charge >= 0.3 is 0 Å². The van der Waals surface area contributed by atoms with E-state index in [1.54, 1.807) is 18.3 Å². The molecule has 5 rings (SSSR count). The van der Waals surface area contributed by atoms with Crippen LogP contribution in [0, 0.1) is 0 Å². The number of rotatable bonds is 9. The Bertz CT molecular complexity index is 1550. The van der Waals surface area contributed by atoms with Crippen LogP contribution in [0.3, 0.4) is 0 Å². The van der Waals surface area contributed by atoms with Gasteiger partial charge in [-0.25, -0.2) is 23.4 Å². The lowest BCUT2D eigenvalue weighted by molar-refractivity contribution is 0.0408. The number of benzene rings is 2. The molecule has 0 radical (unpaired) electrons. The molecular weight excluding hydrogens is 528 g/mol. The van der Waals surface area contributed by atoms with Crippen molar-refractivity contribution in [2.24, 2.45) is 0 Å². The fraction of sp³-hybridized carbons (Fsp3) is 0.269. The minimum atomic E-state index is -3.64. The maximum Gasteiger partial charge on any atom is 0.238 e. The normalized spacial score (nSPS) is 14.4. The summed E-state index contributed by atoms with van der Waals surface area (Å²) in [5.74, 6) is 0.757. The molecule has 0 atom stereocenters. The lowest BCUT2D eigenvalue weighted by atomic mass is 10.0. The van der Waals surface area contributed by atoms with E-state index >= 15 is 0 Å². The Morgan fingerprint density at radius 2 is 1.89 bits per heavy atom. The van der Waals surface area contributed by atoms with Crippen molar-refractivity contribution < 1.29 is 17.9 Å². The van der Waals surface area contributed by atoms with Gasteiger partial charge in [-0.15, -0.1) is 0 Å². The zero-order valence-corrected chi connectivity index (χ0v) is 22.3. The van der Waals surface area contributed by atoms with Crippen LogP contribution in [0.15, 0.2) is 61.1 Å². The lowest BCUT2D eigenvalue weighted by Gasteiger charge is -2.26. The topological polar surface area (TPSA) is 119 Å². The number of hydrogen-bond donors (Lipinski definition) is 2. The number of aromatic nitrogens is 3. The zero-order valence-electron chi connectivity index (χ0n) is 20.7. The van der Waals surface area contributed by atoms with Gasteiger partial charge in [0.05, 0.1) is 31.6 Å². The summed E-state index contributed by atoms with van der Waals surface area (Å²) in [6.45, 7) is 3.08. The van der Waals surface area contributed by atoms with Crippen LogP contribution in [0.25, 0.3) is 22.0 Å². The van der Waals surface area contributed by atoms with Crippen LogP contribution in [0.2, 0.25) is 5.02 Å². The molecule has 0 unspecified atom stereocenters. The quantitative estimate of drug-likeness (QED) is 0.314. The summed E-state index contributed by atoms with van der Waals surface area (Å²) in [4.78, 5) is 15.2. The minimum absolute atomic E-state index is 0.0494. The van der Waals surface area contributed by atoms with E-state index in [1.165, 1.54) is 13.4 Å². The SMILES string of the molecule is COc1ncc(-c2ccc3ncnc(Nc4cccc(Cl)c4)c3c2)cc1NS(=O)(=O)CCN1CCOCC1. The van der Waals surface area contributed by atoms with Gasteiger partial charge in [-0.3, -0.25) is 9.62 Å². The molecule has 2 aromatic carbocycles. The van der Waals surface area contributed by atoms with E-state index in [0.29, 0.717) is 36.2 Å². The molecule has 10 nitrogen and oxygen atoms in total. The standard InChI is InChI=1S/C26H27ClN6O4S/c1-36-26-24(32-38(34,35)12-9-33-7-10-37-11-8-33)14-19(16-28-26)18-5-6-23-22(13-18)25(30-17-29-23)31-21-4-2-3-20(27)15-21/h2-6,13-17,32H,7-12H2,1H3,(H,29,30,31). The van der Waals surface area contributed by atoms with Gasteiger partial charge < -0.3 is 14.8 Å². The maximum atomic E-state index is 12.9. The molecule has 38 heavy (non-hydrogen) atoms. The molecule has 1 fully saturated rings. The van der Waals surface area contributed by atoms with Gasteiger partial charge in [0.1, 0.15) is 17.8 Å². The average Bonchev–Trinajstić information content (AvgIpc) is 2.92. The Morgan fingerprint density at radius 1 is 1.05 bits per heavy atom. The first kappa shape index (κ1) is 26.1. The average molecular weight is 555 g/mol. The summed E-state index contributed by atoms with van der Waals surface area (Å²) < 4.78 is 39.1. The van der Waals surface area contributed by atoms with E-state index < -0.39 is 10.0 Å². The third-order valence-electron chi connectivity index (χ3n) is 6.15. The Morgan fingerprint density at radius 3 is 2.68 bits per heavy atom. The van der Waals surface area contributed by atoms with Gasteiger partial charge in [0.15, 0.2) is 0 Å². The van der Waals surface area contributed by atoms with Crippen LogP contribution in [0.5, 0.6) is 5.88 Å². The molecule has 1 aliphatic heterocycles. The largest absolute Gasteiger partial charge is 0.480 e. The highest BCUT2D eigenvalue weighted by molar-refractivity contribution is 7.92. The van der Waals surface area contributed by atoms with Crippen LogP contribution in [-0.4, -0.2) is 74.0 Å². The number of nitrogens with one attached hydrogen (secondary N) is 2. The van der Waals surface area contributed by atoms with E-state index in [0.717, 1.165) is 35.2 Å². The molecule has 2 N–H and O–H groups in total. The second-order valence-corrected chi connectivity index (χ2v) is 11.0. The minimum Gasteiger partial charge on any atom is -0.480 e. The molecule has 4 aromatic rings. The van der Waals surface area contributed by atoms with Gasteiger partial charge in [-0.1, -0.05) is 23.7 Å².